The first-order valence-corrected chi connectivity index (χ1v) is 4.97. The van der Waals surface area contributed by atoms with E-state index in [-0.39, 0.29) is 18.0 Å². The fraction of sp³-hybridized carbons (Fsp3) is 0.600. The molecule has 0 aromatic heterocycles. The van der Waals surface area contributed by atoms with Gasteiger partial charge < -0.3 is 10.2 Å². The van der Waals surface area contributed by atoms with Crippen molar-refractivity contribution < 1.29 is 9.59 Å². The third-order valence-corrected chi connectivity index (χ3v) is 2.51. The summed E-state index contributed by atoms with van der Waals surface area (Å²) in [6.07, 6.45) is 4.33. The van der Waals surface area contributed by atoms with Crippen LogP contribution in [0.3, 0.4) is 0 Å². The minimum Gasteiger partial charge on any atom is -0.367 e. The number of nitrogens with zero attached hydrogens (tertiary/aromatic N) is 2. The van der Waals surface area contributed by atoms with Crippen LogP contribution in [0.1, 0.15) is 6.92 Å². The lowest BCUT2D eigenvalue weighted by molar-refractivity contribution is -0.140. The third kappa shape index (κ3) is 2.36. The maximum absolute atomic E-state index is 11.8. The van der Waals surface area contributed by atoms with E-state index in [1.54, 1.807) is 0 Å². The summed E-state index contributed by atoms with van der Waals surface area (Å²) in [4.78, 5) is 25.3. The highest BCUT2D eigenvalue weighted by Crippen LogP contribution is 2.14. The van der Waals surface area contributed by atoms with E-state index in [0.29, 0.717) is 6.41 Å². The van der Waals surface area contributed by atoms with Crippen LogP contribution in [-0.2, 0) is 9.59 Å². The largest absolute Gasteiger partial charge is 0.367 e. The molecular formula is C10H17N3O2. The Hall–Kier alpha value is -1.36. The molecular weight excluding hydrogens is 194 g/mol. The van der Waals surface area contributed by atoms with Gasteiger partial charge in [0.15, 0.2) is 0 Å². The van der Waals surface area contributed by atoms with Gasteiger partial charge in [0.2, 0.25) is 6.41 Å². The van der Waals surface area contributed by atoms with Crippen molar-refractivity contribution in [2.45, 2.75) is 19.0 Å². The molecule has 84 valence electrons. The monoisotopic (exact) mass is 211 g/mol. The van der Waals surface area contributed by atoms with E-state index in [2.05, 4.69) is 5.32 Å². The van der Waals surface area contributed by atoms with E-state index >= 15 is 0 Å². The van der Waals surface area contributed by atoms with Crippen molar-refractivity contribution in [3.8, 4) is 0 Å². The lowest BCUT2D eigenvalue weighted by Crippen LogP contribution is -2.51. The second-order valence-corrected chi connectivity index (χ2v) is 3.59. The van der Waals surface area contributed by atoms with Crippen molar-refractivity contribution in [3.63, 3.8) is 0 Å². The topological polar surface area (TPSA) is 52.7 Å². The van der Waals surface area contributed by atoms with Gasteiger partial charge in [0.1, 0.15) is 6.04 Å². The molecule has 0 spiro atoms. The predicted molar refractivity (Wildman–Crippen MR) is 57.0 cm³/mol. The zero-order valence-electron chi connectivity index (χ0n) is 9.30. The number of nitrogens with one attached hydrogen (secondary N) is 1. The quantitative estimate of drug-likeness (QED) is 0.631. The molecule has 0 aromatic rings. The number of hydrogen-bond donors (Lipinski definition) is 1. The second-order valence-electron chi connectivity index (χ2n) is 3.59. The van der Waals surface area contributed by atoms with Crippen LogP contribution in [-0.4, -0.2) is 54.8 Å². The molecule has 0 bridgehead atoms. The summed E-state index contributed by atoms with van der Waals surface area (Å²) >= 11 is 0. The lowest BCUT2D eigenvalue weighted by atomic mass is 10.1. The number of hydrogen-bond acceptors (Lipinski definition) is 4. The van der Waals surface area contributed by atoms with Gasteiger partial charge in [-0.1, -0.05) is 6.92 Å². The van der Waals surface area contributed by atoms with Crippen LogP contribution in [0.25, 0.3) is 0 Å². The van der Waals surface area contributed by atoms with Crippen molar-refractivity contribution in [2.24, 2.45) is 0 Å². The molecule has 0 aromatic carbocycles. The molecule has 1 aliphatic rings. The lowest BCUT2D eigenvalue weighted by Gasteiger charge is -2.27. The molecule has 2 unspecified atom stereocenters. The van der Waals surface area contributed by atoms with Crippen LogP contribution in [0.4, 0.5) is 0 Å². The average Bonchev–Trinajstić information content (AvgIpc) is 2.58. The number of amides is 2. The van der Waals surface area contributed by atoms with Crippen molar-refractivity contribution in [1.82, 2.24) is 15.1 Å². The minimum atomic E-state index is -0.319. The van der Waals surface area contributed by atoms with E-state index < -0.39 is 0 Å². The first-order valence-electron chi connectivity index (χ1n) is 4.97. The Balaban J connectivity index is 2.73. The summed E-state index contributed by atoms with van der Waals surface area (Å²) in [6, 6.07) is -0.338. The molecule has 1 rings (SSSR count). The Morgan fingerprint density at radius 2 is 2.33 bits per heavy atom. The molecule has 5 heteroatoms. The molecule has 0 saturated heterocycles. The molecule has 15 heavy (non-hydrogen) atoms. The fourth-order valence-corrected chi connectivity index (χ4v) is 1.68. The van der Waals surface area contributed by atoms with E-state index in [4.69, 9.17) is 0 Å². The number of imide groups is 1. The fourth-order valence-electron chi connectivity index (χ4n) is 1.68. The Kier molecular flexibility index (Phi) is 3.85. The first-order chi connectivity index (χ1) is 7.11. The highest BCUT2D eigenvalue weighted by Gasteiger charge is 2.34. The molecule has 0 aliphatic carbocycles. The van der Waals surface area contributed by atoms with Gasteiger partial charge in [-0.15, -0.1) is 0 Å². The average molecular weight is 211 g/mol. The molecule has 2 atom stereocenters. The Bertz CT molecular complexity index is 278. The van der Waals surface area contributed by atoms with E-state index in [1.165, 1.54) is 7.05 Å². The van der Waals surface area contributed by atoms with Crippen LogP contribution in [0.5, 0.6) is 0 Å². The number of rotatable bonds is 4. The molecule has 1 heterocycles. The maximum atomic E-state index is 11.8. The summed E-state index contributed by atoms with van der Waals surface area (Å²) in [5.41, 5.74) is 0. The van der Waals surface area contributed by atoms with Crippen LogP contribution < -0.4 is 5.32 Å². The zero-order valence-corrected chi connectivity index (χ0v) is 9.30. The van der Waals surface area contributed by atoms with Crippen LogP contribution >= 0.6 is 0 Å². The molecule has 0 fully saturated rings. The molecule has 5 nitrogen and oxygen atoms in total. The van der Waals surface area contributed by atoms with Crippen molar-refractivity contribution in [3.05, 3.63) is 12.3 Å². The summed E-state index contributed by atoms with van der Waals surface area (Å²) in [5, 5.41) is 3.19. The molecule has 2 amide bonds. The number of carbonyl (C=O) groups is 2. The van der Waals surface area contributed by atoms with E-state index in [1.807, 2.05) is 31.1 Å². The standard InChI is InChI=1S/C10H17N3O2/c1-4-11-8-5-6-12(2)9(8)10(15)13(3)7-14/h5-9,11H,4H2,1-3H3. The summed E-state index contributed by atoms with van der Waals surface area (Å²) in [5.74, 6) is -0.191. The van der Waals surface area contributed by atoms with E-state index in [9.17, 15) is 9.59 Å². The van der Waals surface area contributed by atoms with Crippen molar-refractivity contribution in [2.75, 3.05) is 20.6 Å². The maximum Gasteiger partial charge on any atom is 0.253 e. The van der Waals surface area contributed by atoms with Crippen molar-refractivity contribution >= 4 is 12.3 Å². The Morgan fingerprint density at radius 3 is 2.87 bits per heavy atom. The van der Waals surface area contributed by atoms with Crippen LogP contribution in [0, 0.1) is 0 Å². The highest BCUT2D eigenvalue weighted by molar-refractivity contribution is 5.91. The summed E-state index contributed by atoms with van der Waals surface area (Å²) < 4.78 is 0. The summed E-state index contributed by atoms with van der Waals surface area (Å²) in [6.45, 7) is 2.77. The van der Waals surface area contributed by atoms with Crippen LogP contribution in [0.2, 0.25) is 0 Å². The van der Waals surface area contributed by atoms with E-state index in [0.717, 1.165) is 11.4 Å². The molecule has 0 saturated carbocycles. The minimum absolute atomic E-state index is 0.0186. The van der Waals surface area contributed by atoms with Crippen molar-refractivity contribution in [1.29, 1.82) is 0 Å². The zero-order chi connectivity index (χ0) is 11.4. The van der Waals surface area contributed by atoms with Gasteiger partial charge in [-0.3, -0.25) is 14.5 Å². The Labute approximate surface area is 89.7 Å². The molecule has 1 N–H and O–H groups in total. The van der Waals surface area contributed by atoms with Gasteiger partial charge in [0.25, 0.3) is 5.91 Å². The third-order valence-electron chi connectivity index (χ3n) is 2.51. The summed E-state index contributed by atoms with van der Waals surface area (Å²) in [7, 11) is 3.31. The van der Waals surface area contributed by atoms with Gasteiger partial charge >= 0.3 is 0 Å². The predicted octanol–water partition coefficient (Wildman–Crippen LogP) is -0.593. The van der Waals surface area contributed by atoms with Gasteiger partial charge in [-0.05, 0) is 18.8 Å². The number of likely N-dealkylation sites (N-methyl/N-ethyl adjacent to an activating group) is 3. The van der Waals surface area contributed by atoms with Crippen LogP contribution in [0.15, 0.2) is 12.3 Å². The van der Waals surface area contributed by atoms with Gasteiger partial charge in [0, 0.05) is 14.1 Å². The number of carbonyl (C=O) groups excluding carboxylic acids is 2. The first kappa shape index (κ1) is 11.7. The van der Waals surface area contributed by atoms with Gasteiger partial charge in [0.05, 0.1) is 6.04 Å². The highest BCUT2D eigenvalue weighted by atomic mass is 16.2. The smallest absolute Gasteiger partial charge is 0.253 e. The van der Waals surface area contributed by atoms with Gasteiger partial charge in [-0.2, -0.15) is 0 Å². The SMILES string of the molecule is CCNC1C=CN(C)C1C(=O)N(C)C=O. The van der Waals surface area contributed by atoms with Gasteiger partial charge in [-0.25, -0.2) is 0 Å². The molecule has 0 radical (unpaired) electrons. The molecule has 1 aliphatic heterocycles. The Morgan fingerprint density at radius 1 is 1.67 bits per heavy atom. The normalized spacial score (nSPS) is 24.3. The second kappa shape index (κ2) is 4.93.